The summed E-state index contributed by atoms with van der Waals surface area (Å²) in [6, 6.07) is 12.0. The smallest absolute Gasteiger partial charge is 0.251 e. The van der Waals surface area contributed by atoms with Gasteiger partial charge in [-0.15, -0.1) is 0 Å². The Bertz CT molecular complexity index is 712. The number of hydrogen-bond donors (Lipinski definition) is 2. The second-order valence-corrected chi connectivity index (χ2v) is 6.39. The van der Waals surface area contributed by atoms with Gasteiger partial charge in [0, 0.05) is 28.2 Å². The maximum atomic E-state index is 12.3. The Morgan fingerprint density at radius 2 is 2.14 bits per heavy atom. The normalized spacial score (nSPS) is 16.0. The third-order valence-corrected chi connectivity index (χ3v) is 4.59. The van der Waals surface area contributed by atoms with Crippen LogP contribution in [0.1, 0.15) is 33.0 Å². The van der Waals surface area contributed by atoms with E-state index in [0.717, 1.165) is 16.5 Å². The highest BCUT2D eigenvalue weighted by molar-refractivity contribution is 9.10. The van der Waals surface area contributed by atoms with Gasteiger partial charge in [-0.05, 0) is 42.2 Å². The first-order valence-corrected chi connectivity index (χ1v) is 7.77. The number of halogens is 1. The SMILES string of the molecule is Cc1c(N)cc(Br)cc1C(=O)NCC1Cc2ccccc21. The lowest BCUT2D eigenvalue weighted by atomic mass is 9.77. The van der Waals surface area contributed by atoms with Crippen molar-refractivity contribution in [2.75, 3.05) is 12.3 Å². The number of nitrogen functional groups attached to an aromatic ring is 1. The summed E-state index contributed by atoms with van der Waals surface area (Å²) >= 11 is 3.38. The Morgan fingerprint density at radius 3 is 2.90 bits per heavy atom. The zero-order valence-corrected chi connectivity index (χ0v) is 13.4. The van der Waals surface area contributed by atoms with Crippen molar-refractivity contribution < 1.29 is 4.79 Å². The molecule has 3 rings (SSSR count). The number of amides is 1. The fraction of sp³-hybridized carbons (Fsp3) is 0.235. The lowest BCUT2D eigenvalue weighted by molar-refractivity contribution is 0.0949. The van der Waals surface area contributed by atoms with Crippen LogP contribution in [-0.2, 0) is 6.42 Å². The summed E-state index contributed by atoms with van der Waals surface area (Å²) in [5, 5.41) is 3.02. The highest BCUT2D eigenvalue weighted by atomic mass is 79.9. The minimum absolute atomic E-state index is 0.0649. The van der Waals surface area contributed by atoms with E-state index in [0.29, 0.717) is 23.7 Å². The number of carbonyl (C=O) groups excluding carboxylic acids is 1. The van der Waals surface area contributed by atoms with Gasteiger partial charge in [0.05, 0.1) is 0 Å². The van der Waals surface area contributed by atoms with Crippen molar-refractivity contribution >= 4 is 27.5 Å². The second kappa shape index (κ2) is 5.53. The molecule has 0 saturated heterocycles. The molecule has 1 aliphatic carbocycles. The summed E-state index contributed by atoms with van der Waals surface area (Å²) in [5.74, 6) is 0.361. The molecule has 2 aromatic rings. The van der Waals surface area contributed by atoms with Crippen molar-refractivity contribution in [1.82, 2.24) is 5.32 Å². The molecular weight excluding hydrogens is 328 g/mol. The fourth-order valence-corrected chi connectivity index (χ4v) is 3.27. The first-order valence-electron chi connectivity index (χ1n) is 6.98. The van der Waals surface area contributed by atoms with Gasteiger partial charge in [0.15, 0.2) is 0 Å². The molecule has 2 aromatic carbocycles. The van der Waals surface area contributed by atoms with Crippen molar-refractivity contribution in [3.8, 4) is 0 Å². The number of fused-ring (bicyclic) bond motifs is 1. The van der Waals surface area contributed by atoms with Crippen LogP contribution in [0.25, 0.3) is 0 Å². The largest absolute Gasteiger partial charge is 0.398 e. The number of nitrogens with two attached hydrogens (primary N) is 1. The molecule has 0 saturated carbocycles. The van der Waals surface area contributed by atoms with E-state index in [1.165, 1.54) is 11.1 Å². The number of rotatable bonds is 3. The van der Waals surface area contributed by atoms with Crippen molar-refractivity contribution in [3.05, 3.63) is 63.1 Å². The summed E-state index contributed by atoms with van der Waals surface area (Å²) in [6.07, 6.45) is 1.04. The van der Waals surface area contributed by atoms with Gasteiger partial charge < -0.3 is 11.1 Å². The minimum Gasteiger partial charge on any atom is -0.398 e. The molecule has 4 heteroatoms. The number of carbonyl (C=O) groups is 1. The second-order valence-electron chi connectivity index (χ2n) is 5.48. The molecule has 0 aliphatic heterocycles. The van der Waals surface area contributed by atoms with Gasteiger partial charge in [-0.25, -0.2) is 0 Å². The molecule has 108 valence electrons. The average molecular weight is 345 g/mol. The summed E-state index contributed by atoms with van der Waals surface area (Å²) < 4.78 is 0.824. The highest BCUT2D eigenvalue weighted by Crippen LogP contribution is 2.34. The van der Waals surface area contributed by atoms with Gasteiger partial charge in [0.2, 0.25) is 0 Å². The van der Waals surface area contributed by atoms with Crippen molar-refractivity contribution in [1.29, 1.82) is 0 Å². The highest BCUT2D eigenvalue weighted by Gasteiger charge is 2.25. The monoisotopic (exact) mass is 344 g/mol. The Labute approximate surface area is 132 Å². The van der Waals surface area contributed by atoms with Crippen LogP contribution in [-0.4, -0.2) is 12.5 Å². The van der Waals surface area contributed by atoms with Gasteiger partial charge in [0.25, 0.3) is 5.91 Å². The van der Waals surface area contributed by atoms with Crippen LogP contribution in [0, 0.1) is 6.92 Å². The van der Waals surface area contributed by atoms with Crippen LogP contribution in [0.2, 0.25) is 0 Å². The predicted molar refractivity (Wildman–Crippen MR) is 88.5 cm³/mol. The molecule has 3 N–H and O–H groups in total. The molecule has 0 heterocycles. The number of hydrogen-bond acceptors (Lipinski definition) is 2. The van der Waals surface area contributed by atoms with Crippen molar-refractivity contribution in [2.45, 2.75) is 19.3 Å². The molecule has 21 heavy (non-hydrogen) atoms. The summed E-state index contributed by atoms with van der Waals surface area (Å²) in [7, 11) is 0. The molecule has 1 unspecified atom stereocenters. The van der Waals surface area contributed by atoms with Crippen LogP contribution in [0.3, 0.4) is 0 Å². The van der Waals surface area contributed by atoms with E-state index in [9.17, 15) is 4.79 Å². The fourth-order valence-electron chi connectivity index (χ4n) is 2.79. The van der Waals surface area contributed by atoms with Crippen LogP contribution in [0.15, 0.2) is 40.9 Å². The number of benzene rings is 2. The van der Waals surface area contributed by atoms with Crippen LogP contribution >= 0.6 is 15.9 Å². The molecule has 1 amide bonds. The molecule has 0 radical (unpaired) electrons. The minimum atomic E-state index is -0.0649. The van der Waals surface area contributed by atoms with Gasteiger partial charge >= 0.3 is 0 Å². The van der Waals surface area contributed by atoms with Crippen LogP contribution in [0.4, 0.5) is 5.69 Å². The zero-order valence-electron chi connectivity index (χ0n) is 11.8. The van der Waals surface area contributed by atoms with Gasteiger partial charge in [0.1, 0.15) is 0 Å². The standard InChI is InChI=1S/C17H17BrN2O/c1-10-15(7-13(18)8-16(10)19)17(21)20-9-12-6-11-4-2-3-5-14(11)12/h2-5,7-8,12H,6,9,19H2,1H3,(H,20,21). The van der Waals surface area contributed by atoms with E-state index in [2.05, 4.69) is 39.4 Å². The summed E-state index contributed by atoms with van der Waals surface area (Å²) in [4.78, 5) is 12.3. The molecule has 1 aliphatic rings. The van der Waals surface area contributed by atoms with E-state index in [4.69, 9.17) is 5.73 Å². The Kier molecular flexibility index (Phi) is 3.72. The Hall–Kier alpha value is -1.81. The van der Waals surface area contributed by atoms with E-state index in [1.807, 2.05) is 25.1 Å². The quantitative estimate of drug-likeness (QED) is 0.838. The topological polar surface area (TPSA) is 55.1 Å². The molecular formula is C17H17BrN2O. The first kappa shape index (κ1) is 14.1. The number of anilines is 1. The third-order valence-electron chi connectivity index (χ3n) is 4.13. The van der Waals surface area contributed by atoms with Crippen LogP contribution in [0.5, 0.6) is 0 Å². The van der Waals surface area contributed by atoms with E-state index in [1.54, 1.807) is 0 Å². The molecule has 1 atom stereocenters. The first-order chi connectivity index (χ1) is 10.1. The van der Waals surface area contributed by atoms with E-state index < -0.39 is 0 Å². The van der Waals surface area contributed by atoms with Crippen LogP contribution < -0.4 is 11.1 Å². The van der Waals surface area contributed by atoms with Crippen molar-refractivity contribution in [2.24, 2.45) is 0 Å². The van der Waals surface area contributed by atoms with Crippen molar-refractivity contribution in [3.63, 3.8) is 0 Å². The Balaban J connectivity index is 1.69. The molecule has 0 spiro atoms. The van der Waals surface area contributed by atoms with Gasteiger partial charge in [-0.3, -0.25) is 4.79 Å². The lowest BCUT2D eigenvalue weighted by Crippen LogP contribution is -2.33. The predicted octanol–water partition coefficient (Wildman–Crippen LogP) is 3.41. The molecule has 0 aromatic heterocycles. The summed E-state index contributed by atoms with van der Waals surface area (Å²) in [6.45, 7) is 2.54. The zero-order chi connectivity index (χ0) is 15.0. The summed E-state index contributed by atoms with van der Waals surface area (Å²) in [5.41, 5.74) is 10.7. The van der Waals surface area contributed by atoms with Gasteiger partial charge in [-0.1, -0.05) is 40.2 Å². The molecule has 0 bridgehead atoms. The molecule has 0 fully saturated rings. The van der Waals surface area contributed by atoms with E-state index >= 15 is 0 Å². The Morgan fingerprint density at radius 1 is 1.38 bits per heavy atom. The van der Waals surface area contributed by atoms with Gasteiger partial charge in [-0.2, -0.15) is 0 Å². The maximum Gasteiger partial charge on any atom is 0.251 e. The number of nitrogens with one attached hydrogen (secondary N) is 1. The lowest BCUT2D eigenvalue weighted by Gasteiger charge is -2.30. The average Bonchev–Trinajstić information content (AvgIpc) is 2.43. The molecule has 3 nitrogen and oxygen atoms in total. The maximum absolute atomic E-state index is 12.3. The van der Waals surface area contributed by atoms with E-state index in [-0.39, 0.29) is 5.91 Å². The third kappa shape index (κ3) is 2.68.